The number of hydrogen-bond acceptors (Lipinski definition) is 3. The molecule has 2 N–H and O–H groups in total. The largest absolute Gasteiger partial charge is 0.414 e. The second-order valence-electron chi connectivity index (χ2n) is 7.12. The van der Waals surface area contributed by atoms with Gasteiger partial charge in [0.05, 0.1) is 6.54 Å². The van der Waals surface area contributed by atoms with E-state index < -0.39 is 18.2 Å². The molecule has 1 unspecified atom stereocenters. The van der Waals surface area contributed by atoms with E-state index in [9.17, 15) is 23.1 Å². The van der Waals surface area contributed by atoms with Crippen LogP contribution in [-0.4, -0.2) is 53.9 Å². The van der Waals surface area contributed by atoms with Crippen LogP contribution in [0.2, 0.25) is 0 Å². The van der Waals surface area contributed by atoms with E-state index in [1.165, 1.54) is 0 Å². The molecule has 1 saturated heterocycles. The molecule has 0 aromatic rings. The first-order chi connectivity index (χ1) is 10.8. The second-order valence-corrected chi connectivity index (χ2v) is 7.12. The Morgan fingerprint density at radius 1 is 1.17 bits per heavy atom. The smallest absolute Gasteiger partial charge is 0.383 e. The molecule has 0 aromatic heterocycles. The highest BCUT2D eigenvalue weighted by Crippen LogP contribution is 2.31. The van der Waals surface area contributed by atoms with Crippen LogP contribution in [0, 0.1) is 11.8 Å². The summed E-state index contributed by atoms with van der Waals surface area (Å²) < 4.78 is 37.5. The Kier molecular flexibility index (Phi) is 6.31. The highest BCUT2D eigenvalue weighted by Gasteiger charge is 2.44. The van der Waals surface area contributed by atoms with Crippen LogP contribution in [0.3, 0.4) is 0 Å². The Labute approximate surface area is 135 Å². The van der Waals surface area contributed by atoms with Gasteiger partial charge in [0.1, 0.15) is 0 Å². The standard InChI is InChI=1S/C16H27F3N2O2/c1-11-2-4-13(5-3-11)20-14(22)10-21-8-6-12(7-9-21)15(23)16(17,18)19/h11-13,15,23H,2-10H2,1H3,(H,20,22). The first-order valence-corrected chi connectivity index (χ1v) is 8.52. The van der Waals surface area contributed by atoms with Gasteiger partial charge in [0.2, 0.25) is 5.91 Å². The van der Waals surface area contributed by atoms with Crippen LogP contribution in [0.15, 0.2) is 0 Å². The first kappa shape index (κ1) is 18.5. The van der Waals surface area contributed by atoms with E-state index >= 15 is 0 Å². The predicted octanol–water partition coefficient (Wildman–Crippen LogP) is 2.32. The summed E-state index contributed by atoms with van der Waals surface area (Å²) in [4.78, 5) is 13.9. The molecule has 0 aromatic carbocycles. The van der Waals surface area contributed by atoms with Gasteiger partial charge in [-0.2, -0.15) is 13.2 Å². The molecule has 1 amide bonds. The normalized spacial score (nSPS) is 29.3. The average molecular weight is 336 g/mol. The molecule has 2 aliphatic rings. The average Bonchev–Trinajstić information content (AvgIpc) is 2.49. The monoisotopic (exact) mass is 336 g/mol. The van der Waals surface area contributed by atoms with E-state index in [1.807, 2.05) is 4.90 Å². The summed E-state index contributed by atoms with van der Waals surface area (Å²) in [6.45, 7) is 3.30. The lowest BCUT2D eigenvalue weighted by molar-refractivity contribution is -0.223. The molecule has 1 aliphatic heterocycles. The highest BCUT2D eigenvalue weighted by atomic mass is 19.4. The number of nitrogens with one attached hydrogen (secondary N) is 1. The lowest BCUT2D eigenvalue weighted by atomic mass is 9.87. The number of carbonyl (C=O) groups is 1. The van der Waals surface area contributed by atoms with Crippen molar-refractivity contribution in [2.45, 2.75) is 63.8 Å². The number of rotatable bonds is 4. The maximum absolute atomic E-state index is 12.5. The van der Waals surface area contributed by atoms with Crippen molar-refractivity contribution in [2.24, 2.45) is 11.8 Å². The van der Waals surface area contributed by atoms with Crippen LogP contribution in [0.25, 0.3) is 0 Å². The quantitative estimate of drug-likeness (QED) is 0.828. The molecule has 1 aliphatic carbocycles. The van der Waals surface area contributed by atoms with Gasteiger partial charge < -0.3 is 10.4 Å². The number of aliphatic hydroxyl groups excluding tert-OH is 1. The van der Waals surface area contributed by atoms with Crippen molar-refractivity contribution >= 4 is 5.91 Å². The molecule has 2 fully saturated rings. The predicted molar refractivity (Wildman–Crippen MR) is 80.8 cm³/mol. The Morgan fingerprint density at radius 3 is 2.26 bits per heavy atom. The summed E-state index contributed by atoms with van der Waals surface area (Å²) >= 11 is 0. The van der Waals surface area contributed by atoms with Crippen molar-refractivity contribution in [2.75, 3.05) is 19.6 Å². The van der Waals surface area contributed by atoms with Crippen LogP contribution in [0.1, 0.15) is 45.4 Å². The zero-order chi connectivity index (χ0) is 17.0. The highest BCUT2D eigenvalue weighted by molar-refractivity contribution is 5.78. The number of likely N-dealkylation sites (tertiary alicyclic amines) is 1. The van der Waals surface area contributed by atoms with Gasteiger partial charge in [0.15, 0.2) is 6.10 Å². The Hall–Kier alpha value is -0.820. The van der Waals surface area contributed by atoms with Gasteiger partial charge >= 0.3 is 6.18 Å². The molecule has 1 heterocycles. The zero-order valence-electron chi connectivity index (χ0n) is 13.6. The SMILES string of the molecule is CC1CCC(NC(=O)CN2CCC(C(O)C(F)(F)F)CC2)CC1. The van der Waals surface area contributed by atoms with Crippen molar-refractivity contribution < 1.29 is 23.1 Å². The van der Waals surface area contributed by atoms with Crippen molar-refractivity contribution in [3.63, 3.8) is 0 Å². The van der Waals surface area contributed by atoms with E-state index in [1.54, 1.807) is 0 Å². The van der Waals surface area contributed by atoms with Crippen LogP contribution < -0.4 is 5.32 Å². The van der Waals surface area contributed by atoms with Crippen LogP contribution >= 0.6 is 0 Å². The summed E-state index contributed by atoms with van der Waals surface area (Å²) in [6.07, 6.45) is -1.98. The molecule has 1 atom stereocenters. The van der Waals surface area contributed by atoms with Crippen molar-refractivity contribution in [3.05, 3.63) is 0 Å². The fourth-order valence-corrected chi connectivity index (χ4v) is 3.57. The minimum absolute atomic E-state index is 0.0422. The van der Waals surface area contributed by atoms with Gasteiger partial charge in [-0.1, -0.05) is 6.92 Å². The van der Waals surface area contributed by atoms with Gasteiger partial charge in [-0.05, 0) is 63.5 Å². The molecule has 134 valence electrons. The van der Waals surface area contributed by atoms with Crippen molar-refractivity contribution in [3.8, 4) is 0 Å². The molecular formula is C16H27F3N2O2. The minimum Gasteiger partial charge on any atom is -0.383 e. The number of alkyl halides is 3. The van der Waals surface area contributed by atoms with Gasteiger partial charge in [-0.3, -0.25) is 9.69 Å². The van der Waals surface area contributed by atoms with Crippen LogP contribution in [0.5, 0.6) is 0 Å². The van der Waals surface area contributed by atoms with E-state index in [4.69, 9.17) is 0 Å². The Balaban J connectivity index is 1.68. The topological polar surface area (TPSA) is 52.6 Å². The van der Waals surface area contributed by atoms with Crippen LogP contribution in [-0.2, 0) is 4.79 Å². The third-order valence-electron chi connectivity index (χ3n) is 5.16. The number of hydrogen-bond donors (Lipinski definition) is 2. The van der Waals surface area contributed by atoms with Gasteiger partial charge in [0, 0.05) is 6.04 Å². The third-order valence-corrected chi connectivity index (χ3v) is 5.16. The molecule has 7 heteroatoms. The van der Waals surface area contributed by atoms with E-state index in [0.717, 1.165) is 31.6 Å². The molecule has 0 radical (unpaired) electrons. The van der Waals surface area contributed by atoms with E-state index in [2.05, 4.69) is 12.2 Å². The third kappa shape index (κ3) is 5.64. The molecular weight excluding hydrogens is 309 g/mol. The van der Waals surface area contributed by atoms with Crippen LogP contribution in [0.4, 0.5) is 13.2 Å². The number of aliphatic hydroxyl groups is 1. The molecule has 23 heavy (non-hydrogen) atoms. The van der Waals surface area contributed by atoms with Gasteiger partial charge in [-0.25, -0.2) is 0 Å². The fraction of sp³-hybridized carbons (Fsp3) is 0.938. The summed E-state index contributed by atoms with van der Waals surface area (Å²) in [5.74, 6) is -0.0734. The van der Waals surface area contributed by atoms with Gasteiger partial charge in [-0.15, -0.1) is 0 Å². The Bertz CT molecular complexity index is 387. The molecule has 0 bridgehead atoms. The Morgan fingerprint density at radius 2 is 1.74 bits per heavy atom. The number of amides is 1. The zero-order valence-corrected chi connectivity index (χ0v) is 13.6. The summed E-state index contributed by atoms with van der Waals surface area (Å²) in [5, 5.41) is 12.3. The second kappa shape index (κ2) is 7.83. The number of piperidine rings is 1. The summed E-state index contributed by atoms with van der Waals surface area (Å²) in [5.41, 5.74) is 0. The lowest BCUT2D eigenvalue weighted by Gasteiger charge is -2.35. The summed E-state index contributed by atoms with van der Waals surface area (Å²) in [7, 11) is 0. The molecule has 4 nitrogen and oxygen atoms in total. The molecule has 1 saturated carbocycles. The van der Waals surface area contributed by atoms with E-state index in [0.29, 0.717) is 13.1 Å². The minimum atomic E-state index is -4.55. The summed E-state index contributed by atoms with van der Waals surface area (Å²) in [6, 6.07) is 0.239. The number of carbonyl (C=O) groups excluding carboxylic acids is 1. The fourth-order valence-electron chi connectivity index (χ4n) is 3.57. The van der Waals surface area contributed by atoms with Gasteiger partial charge in [0.25, 0.3) is 0 Å². The van der Waals surface area contributed by atoms with Crippen molar-refractivity contribution in [1.82, 2.24) is 10.2 Å². The number of halogens is 3. The molecule has 2 rings (SSSR count). The van der Waals surface area contributed by atoms with Crippen molar-refractivity contribution in [1.29, 1.82) is 0 Å². The lowest BCUT2D eigenvalue weighted by Crippen LogP contribution is -2.47. The van der Waals surface area contributed by atoms with E-state index in [-0.39, 0.29) is 31.3 Å². The maximum Gasteiger partial charge on any atom is 0.414 e. The molecule has 0 spiro atoms. The number of nitrogens with zero attached hydrogens (tertiary/aromatic N) is 1. The maximum atomic E-state index is 12.5. The first-order valence-electron chi connectivity index (χ1n) is 8.52.